The number of aliphatic carboxylic acids is 1. The average Bonchev–Trinajstić information content (AvgIpc) is 2.29. The van der Waals surface area contributed by atoms with Gasteiger partial charge in [0.2, 0.25) is 10.0 Å². The summed E-state index contributed by atoms with van der Waals surface area (Å²) < 4.78 is 31.0. The zero-order valence-corrected chi connectivity index (χ0v) is 10.7. The molecule has 0 atom stereocenters. The second-order valence-corrected chi connectivity index (χ2v) is 5.22. The van der Waals surface area contributed by atoms with Gasteiger partial charge >= 0.3 is 5.97 Å². The fourth-order valence-electron chi connectivity index (χ4n) is 1.27. The standard InChI is InChI=1S/C11H15NO5S/c1-2-17-9-4-3-5-10(8-9)18(15,16)12-7-6-11(13)14/h3-5,8,12H,2,6-7H2,1H3,(H,13,14). The highest BCUT2D eigenvalue weighted by Crippen LogP contribution is 2.17. The van der Waals surface area contributed by atoms with E-state index in [1.165, 1.54) is 12.1 Å². The quantitative estimate of drug-likeness (QED) is 0.768. The predicted octanol–water partition coefficient (Wildman–Crippen LogP) is 0.838. The summed E-state index contributed by atoms with van der Waals surface area (Å²) in [6.45, 7) is 2.10. The van der Waals surface area contributed by atoms with E-state index in [9.17, 15) is 13.2 Å². The van der Waals surface area contributed by atoms with Crippen molar-refractivity contribution < 1.29 is 23.1 Å². The first kappa shape index (κ1) is 14.5. The third-order valence-corrected chi connectivity index (χ3v) is 3.52. The Bertz CT molecular complexity index is 512. The van der Waals surface area contributed by atoms with Crippen LogP contribution < -0.4 is 9.46 Å². The molecule has 6 nitrogen and oxygen atoms in total. The van der Waals surface area contributed by atoms with E-state index in [2.05, 4.69) is 4.72 Å². The number of benzene rings is 1. The number of sulfonamides is 1. The van der Waals surface area contributed by atoms with Crippen LogP contribution in [0.4, 0.5) is 0 Å². The number of hydrogen-bond donors (Lipinski definition) is 2. The summed E-state index contributed by atoms with van der Waals surface area (Å²) in [6, 6.07) is 6.04. The molecular formula is C11H15NO5S. The lowest BCUT2D eigenvalue weighted by molar-refractivity contribution is -0.136. The molecule has 0 aliphatic heterocycles. The van der Waals surface area contributed by atoms with E-state index in [0.717, 1.165) is 0 Å². The van der Waals surface area contributed by atoms with Crippen molar-refractivity contribution in [1.82, 2.24) is 4.72 Å². The smallest absolute Gasteiger partial charge is 0.304 e. The number of nitrogens with one attached hydrogen (secondary N) is 1. The second-order valence-electron chi connectivity index (χ2n) is 3.45. The Morgan fingerprint density at radius 2 is 2.17 bits per heavy atom. The molecule has 1 rings (SSSR count). The van der Waals surface area contributed by atoms with Crippen molar-refractivity contribution in [3.8, 4) is 5.75 Å². The summed E-state index contributed by atoms with van der Waals surface area (Å²) in [5.41, 5.74) is 0. The molecule has 1 aromatic rings. The SMILES string of the molecule is CCOc1cccc(S(=O)(=O)NCCC(=O)O)c1. The Hall–Kier alpha value is -1.60. The van der Waals surface area contributed by atoms with Crippen molar-refractivity contribution in [2.75, 3.05) is 13.2 Å². The third kappa shape index (κ3) is 4.34. The fourth-order valence-corrected chi connectivity index (χ4v) is 2.34. The lowest BCUT2D eigenvalue weighted by Gasteiger charge is -2.08. The molecule has 0 heterocycles. The van der Waals surface area contributed by atoms with Crippen LogP contribution in [0.3, 0.4) is 0 Å². The molecule has 7 heteroatoms. The van der Waals surface area contributed by atoms with E-state index in [4.69, 9.17) is 9.84 Å². The van der Waals surface area contributed by atoms with Gasteiger partial charge in [-0.15, -0.1) is 0 Å². The van der Waals surface area contributed by atoms with E-state index >= 15 is 0 Å². The Balaban J connectivity index is 2.77. The van der Waals surface area contributed by atoms with Gasteiger partial charge in [-0.3, -0.25) is 4.79 Å². The number of carboxylic acids is 1. The average molecular weight is 273 g/mol. The van der Waals surface area contributed by atoms with E-state index in [1.54, 1.807) is 19.1 Å². The number of rotatable bonds is 7. The molecule has 100 valence electrons. The molecule has 0 aliphatic rings. The third-order valence-electron chi connectivity index (χ3n) is 2.06. The highest BCUT2D eigenvalue weighted by atomic mass is 32.2. The van der Waals surface area contributed by atoms with Crippen LogP contribution in [0, 0.1) is 0 Å². The number of ether oxygens (including phenoxy) is 1. The first-order valence-electron chi connectivity index (χ1n) is 5.40. The fraction of sp³-hybridized carbons (Fsp3) is 0.364. The van der Waals surface area contributed by atoms with Gasteiger partial charge in [0.15, 0.2) is 0 Å². The summed E-state index contributed by atoms with van der Waals surface area (Å²) in [4.78, 5) is 10.4. The van der Waals surface area contributed by atoms with Crippen molar-refractivity contribution in [2.24, 2.45) is 0 Å². The minimum absolute atomic E-state index is 0.0545. The minimum Gasteiger partial charge on any atom is -0.494 e. The molecule has 2 N–H and O–H groups in total. The summed E-state index contributed by atoms with van der Waals surface area (Å²) in [5.74, 6) is -0.598. The van der Waals surface area contributed by atoms with Gasteiger partial charge in [0.1, 0.15) is 5.75 Å². The van der Waals surface area contributed by atoms with Gasteiger partial charge in [0.05, 0.1) is 17.9 Å². The molecule has 0 bridgehead atoms. The van der Waals surface area contributed by atoms with Crippen molar-refractivity contribution in [1.29, 1.82) is 0 Å². The maximum atomic E-state index is 11.8. The zero-order valence-electron chi connectivity index (χ0n) is 9.92. The van der Waals surface area contributed by atoms with Gasteiger partial charge in [-0.05, 0) is 19.1 Å². The van der Waals surface area contributed by atoms with Crippen LogP contribution in [0.5, 0.6) is 5.75 Å². The molecule has 1 aromatic carbocycles. The highest BCUT2D eigenvalue weighted by Gasteiger charge is 2.14. The first-order chi connectivity index (χ1) is 8.45. The molecule has 0 spiro atoms. The predicted molar refractivity (Wildman–Crippen MR) is 65.1 cm³/mol. The monoisotopic (exact) mass is 273 g/mol. The largest absolute Gasteiger partial charge is 0.494 e. The topological polar surface area (TPSA) is 92.7 Å². The molecule has 0 aromatic heterocycles. The maximum absolute atomic E-state index is 11.8. The summed E-state index contributed by atoms with van der Waals surface area (Å²) in [7, 11) is -3.69. The molecule has 0 fully saturated rings. The Kier molecular flexibility index (Phi) is 5.11. The number of carboxylic acid groups (broad SMARTS) is 1. The maximum Gasteiger partial charge on any atom is 0.304 e. The first-order valence-corrected chi connectivity index (χ1v) is 6.88. The molecule has 0 amide bonds. The van der Waals surface area contributed by atoms with Gasteiger partial charge < -0.3 is 9.84 Å². The molecule has 0 saturated heterocycles. The van der Waals surface area contributed by atoms with Crippen LogP contribution in [-0.2, 0) is 14.8 Å². The van der Waals surface area contributed by atoms with Crippen LogP contribution in [0.1, 0.15) is 13.3 Å². The zero-order chi connectivity index (χ0) is 13.6. The molecule has 0 unspecified atom stereocenters. The lowest BCUT2D eigenvalue weighted by atomic mass is 10.3. The van der Waals surface area contributed by atoms with Crippen LogP contribution in [0.15, 0.2) is 29.2 Å². The van der Waals surface area contributed by atoms with Crippen molar-refractivity contribution in [3.63, 3.8) is 0 Å². The van der Waals surface area contributed by atoms with Gasteiger partial charge in [-0.1, -0.05) is 6.07 Å². The van der Waals surface area contributed by atoms with Gasteiger partial charge in [0, 0.05) is 12.6 Å². The van der Waals surface area contributed by atoms with Crippen LogP contribution in [-0.4, -0.2) is 32.6 Å². The van der Waals surface area contributed by atoms with Crippen molar-refractivity contribution in [3.05, 3.63) is 24.3 Å². The van der Waals surface area contributed by atoms with Gasteiger partial charge in [0.25, 0.3) is 0 Å². The van der Waals surface area contributed by atoms with Crippen molar-refractivity contribution in [2.45, 2.75) is 18.2 Å². The molecular weight excluding hydrogens is 258 g/mol. The van der Waals surface area contributed by atoms with E-state index < -0.39 is 16.0 Å². The van der Waals surface area contributed by atoms with Crippen molar-refractivity contribution >= 4 is 16.0 Å². The number of carbonyl (C=O) groups is 1. The molecule has 0 radical (unpaired) electrons. The highest BCUT2D eigenvalue weighted by molar-refractivity contribution is 7.89. The second kappa shape index (κ2) is 6.36. The molecule has 0 saturated carbocycles. The minimum atomic E-state index is -3.69. The Morgan fingerprint density at radius 1 is 1.44 bits per heavy atom. The molecule has 0 aliphatic carbocycles. The van der Waals surface area contributed by atoms with Crippen LogP contribution in [0.25, 0.3) is 0 Å². The van der Waals surface area contributed by atoms with Crippen LogP contribution in [0.2, 0.25) is 0 Å². The summed E-state index contributed by atoms with van der Waals surface area (Å²) in [6.07, 6.45) is -0.260. The summed E-state index contributed by atoms with van der Waals surface area (Å²) in [5, 5.41) is 8.44. The normalized spacial score (nSPS) is 11.2. The number of hydrogen-bond acceptors (Lipinski definition) is 4. The lowest BCUT2D eigenvalue weighted by Crippen LogP contribution is -2.26. The van der Waals surface area contributed by atoms with E-state index in [0.29, 0.717) is 12.4 Å². The van der Waals surface area contributed by atoms with Crippen LogP contribution >= 0.6 is 0 Å². The Labute approximate surface area is 106 Å². The van der Waals surface area contributed by atoms with E-state index in [-0.39, 0.29) is 17.9 Å². The summed E-state index contributed by atoms with van der Waals surface area (Å²) >= 11 is 0. The van der Waals surface area contributed by atoms with Gasteiger partial charge in [-0.2, -0.15) is 0 Å². The Morgan fingerprint density at radius 3 is 2.78 bits per heavy atom. The molecule has 18 heavy (non-hydrogen) atoms. The van der Waals surface area contributed by atoms with E-state index in [1.807, 2.05) is 0 Å². The van der Waals surface area contributed by atoms with Gasteiger partial charge in [-0.25, -0.2) is 13.1 Å².